The van der Waals surface area contributed by atoms with Crippen molar-refractivity contribution in [3.63, 3.8) is 0 Å². The lowest BCUT2D eigenvalue weighted by atomic mass is 10.4. The minimum Gasteiger partial charge on any atom is -0.438 e. The molecule has 2 aromatic rings. The lowest BCUT2D eigenvalue weighted by molar-refractivity contribution is 0.501. The van der Waals surface area contributed by atoms with E-state index in [1.807, 2.05) is 26.0 Å². The molecular weight excluding hydrogens is 178 g/mol. The maximum Gasteiger partial charge on any atom is 0.211 e. The molecule has 0 spiro atoms. The molecule has 2 heterocycles. The van der Waals surface area contributed by atoms with Crippen LogP contribution in [0, 0.1) is 6.92 Å². The highest BCUT2D eigenvalue weighted by Gasteiger charge is 2.05. The largest absolute Gasteiger partial charge is 0.438 e. The highest BCUT2D eigenvalue weighted by molar-refractivity contribution is 5.67. The fourth-order valence-electron chi connectivity index (χ4n) is 1.27. The maximum absolute atomic E-state index is 5.49. The monoisotopic (exact) mass is 191 g/mol. The predicted molar refractivity (Wildman–Crippen MR) is 53.9 cm³/mol. The zero-order valence-corrected chi connectivity index (χ0v) is 8.37. The summed E-state index contributed by atoms with van der Waals surface area (Å²) in [6.07, 6.45) is 0. The van der Waals surface area contributed by atoms with Gasteiger partial charge < -0.3 is 9.73 Å². The molecule has 0 fully saturated rings. The normalized spacial score (nSPS) is 11.0. The SMILES string of the molecule is CCNCc1nc2nc(C)ccc2o1. The van der Waals surface area contributed by atoms with Crippen molar-refractivity contribution in [2.75, 3.05) is 6.54 Å². The van der Waals surface area contributed by atoms with E-state index in [2.05, 4.69) is 15.3 Å². The van der Waals surface area contributed by atoms with Crippen molar-refractivity contribution < 1.29 is 4.42 Å². The van der Waals surface area contributed by atoms with Gasteiger partial charge in [0, 0.05) is 5.69 Å². The molecule has 0 aliphatic carbocycles. The first-order valence-corrected chi connectivity index (χ1v) is 4.73. The lowest BCUT2D eigenvalue weighted by Gasteiger charge is -1.93. The highest BCUT2D eigenvalue weighted by Crippen LogP contribution is 2.13. The number of hydrogen-bond donors (Lipinski definition) is 1. The van der Waals surface area contributed by atoms with Gasteiger partial charge in [-0.15, -0.1) is 0 Å². The van der Waals surface area contributed by atoms with Crippen molar-refractivity contribution in [2.45, 2.75) is 20.4 Å². The van der Waals surface area contributed by atoms with Crippen LogP contribution in [0.3, 0.4) is 0 Å². The van der Waals surface area contributed by atoms with Gasteiger partial charge in [0.05, 0.1) is 6.54 Å². The Morgan fingerprint density at radius 3 is 3.00 bits per heavy atom. The van der Waals surface area contributed by atoms with Crippen LogP contribution < -0.4 is 5.32 Å². The van der Waals surface area contributed by atoms with E-state index in [4.69, 9.17) is 4.42 Å². The first kappa shape index (κ1) is 9.15. The van der Waals surface area contributed by atoms with Crippen molar-refractivity contribution in [3.05, 3.63) is 23.7 Å². The van der Waals surface area contributed by atoms with Gasteiger partial charge in [-0.3, -0.25) is 0 Å². The van der Waals surface area contributed by atoms with Crippen molar-refractivity contribution in [2.24, 2.45) is 0 Å². The average Bonchev–Trinajstić information content (AvgIpc) is 2.56. The van der Waals surface area contributed by atoms with Gasteiger partial charge in [0.15, 0.2) is 11.2 Å². The van der Waals surface area contributed by atoms with Crippen LogP contribution in [0.5, 0.6) is 0 Å². The average molecular weight is 191 g/mol. The summed E-state index contributed by atoms with van der Waals surface area (Å²) < 4.78 is 5.49. The Balaban J connectivity index is 2.32. The van der Waals surface area contributed by atoms with Crippen LogP contribution in [0.4, 0.5) is 0 Å². The Hall–Kier alpha value is -1.42. The standard InChI is InChI=1S/C10H13N3O/c1-3-11-6-9-13-10-8(14-9)5-4-7(2)12-10/h4-5,11H,3,6H2,1-2H3. The van der Waals surface area contributed by atoms with Crippen LogP contribution in [0.25, 0.3) is 11.2 Å². The maximum atomic E-state index is 5.49. The molecule has 0 saturated heterocycles. The van der Waals surface area contributed by atoms with Crippen LogP contribution in [0.15, 0.2) is 16.5 Å². The van der Waals surface area contributed by atoms with Crippen LogP contribution in [-0.4, -0.2) is 16.5 Å². The summed E-state index contributed by atoms with van der Waals surface area (Å²) in [6.45, 7) is 5.56. The van der Waals surface area contributed by atoms with Gasteiger partial charge in [0.25, 0.3) is 0 Å². The van der Waals surface area contributed by atoms with Gasteiger partial charge in [-0.2, -0.15) is 4.98 Å². The first-order chi connectivity index (χ1) is 6.79. The molecule has 0 aromatic carbocycles. The molecule has 0 aliphatic heterocycles. The van der Waals surface area contributed by atoms with Crippen LogP contribution >= 0.6 is 0 Å². The zero-order chi connectivity index (χ0) is 9.97. The smallest absolute Gasteiger partial charge is 0.211 e. The van der Waals surface area contributed by atoms with E-state index < -0.39 is 0 Å². The molecule has 14 heavy (non-hydrogen) atoms. The van der Waals surface area contributed by atoms with E-state index in [1.54, 1.807) is 0 Å². The fraction of sp³-hybridized carbons (Fsp3) is 0.400. The minimum absolute atomic E-state index is 0.659. The van der Waals surface area contributed by atoms with Gasteiger partial charge in [-0.25, -0.2) is 4.98 Å². The summed E-state index contributed by atoms with van der Waals surface area (Å²) in [5.41, 5.74) is 2.40. The Kier molecular flexibility index (Phi) is 2.45. The van der Waals surface area contributed by atoms with Crippen molar-refractivity contribution >= 4 is 11.2 Å². The topological polar surface area (TPSA) is 51.0 Å². The second-order valence-electron chi connectivity index (χ2n) is 3.16. The molecule has 2 rings (SSSR count). The molecule has 0 amide bonds. The van der Waals surface area contributed by atoms with Crippen molar-refractivity contribution in [1.82, 2.24) is 15.3 Å². The van der Waals surface area contributed by atoms with E-state index in [1.165, 1.54) is 0 Å². The van der Waals surface area contributed by atoms with Crippen LogP contribution in [-0.2, 0) is 6.54 Å². The molecule has 4 nitrogen and oxygen atoms in total. The summed E-state index contributed by atoms with van der Waals surface area (Å²) in [6, 6.07) is 3.82. The number of hydrogen-bond acceptors (Lipinski definition) is 4. The molecule has 0 unspecified atom stereocenters. The molecule has 2 aromatic heterocycles. The summed E-state index contributed by atoms with van der Waals surface area (Å²) >= 11 is 0. The lowest BCUT2D eigenvalue weighted by Crippen LogP contribution is -2.11. The van der Waals surface area contributed by atoms with E-state index in [9.17, 15) is 0 Å². The number of fused-ring (bicyclic) bond motifs is 1. The van der Waals surface area contributed by atoms with E-state index >= 15 is 0 Å². The summed E-state index contributed by atoms with van der Waals surface area (Å²) in [5.74, 6) is 0.694. The number of aryl methyl sites for hydroxylation is 1. The number of aromatic nitrogens is 2. The fourth-order valence-corrected chi connectivity index (χ4v) is 1.27. The molecule has 0 bridgehead atoms. The number of nitrogens with one attached hydrogen (secondary N) is 1. The Labute approximate surface area is 82.4 Å². The molecule has 0 aliphatic rings. The summed E-state index contributed by atoms with van der Waals surface area (Å²) in [7, 11) is 0. The molecular formula is C10H13N3O. The van der Waals surface area contributed by atoms with Gasteiger partial charge in [0.2, 0.25) is 5.89 Å². The third-order valence-electron chi connectivity index (χ3n) is 1.96. The Morgan fingerprint density at radius 1 is 1.36 bits per heavy atom. The van der Waals surface area contributed by atoms with Gasteiger partial charge in [-0.05, 0) is 25.6 Å². The predicted octanol–water partition coefficient (Wildman–Crippen LogP) is 1.64. The van der Waals surface area contributed by atoms with E-state index in [0.29, 0.717) is 18.1 Å². The van der Waals surface area contributed by atoms with Gasteiger partial charge in [-0.1, -0.05) is 6.92 Å². The second-order valence-corrected chi connectivity index (χ2v) is 3.16. The Bertz CT molecular complexity index is 436. The van der Waals surface area contributed by atoms with Crippen molar-refractivity contribution in [1.29, 1.82) is 0 Å². The molecule has 0 atom stereocenters. The molecule has 4 heteroatoms. The van der Waals surface area contributed by atoms with E-state index in [-0.39, 0.29) is 0 Å². The van der Waals surface area contributed by atoms with Crippen LogP contribution in [0.2, 0.25) is 0 Å². The molecule has 0 radical (unpaired) electrons. The molecule has 0 saturated carbocycles. The quantitative estimate of drug-likeness (QED) is 0.801. The zero-order valence-electron chi connectivity index (χ0n) is 8.37. The highest BCUT2D eigenvalue weighted by atomic mass is 16.3. The summed E-state index contributed by atoms with van der Waals surface area (Å²) in [4.78, 5) is 8.54. The number of nitrogens with zero attached hydrogens (tertiary/aromatic N) is 2. The third kappa shape index (κ3) is 1.75. The van der Waals surface area contributed by atoms with Crippen LogP contribution in [0.1, 0.15) is 18.5 Å². The number of oxazole rings is 1. The third-order valence-corrected chi connectivity index (χ3v) is 1.96. The van der Waals surface area contributed by atoms with Crippen molar-refractivity contribution in [3.8, 4) is 0 Å². The molecule has 1 N–H and O–H groups in total. The number of rotatable bonds is 3. The van der Waals surface area contributed by atoms with Gasteiger partial charge >= 0.3 is 0 Å². The van der Waals surface area contributed by atoms with E-state index in [0.717, 1.165) is 17.8 Å². The first-order valence-electron chi connectivity index (χ1n) is 4.73. The number of pyridine rings is 1. The second kappa shape index (κ2) is 3.75. The summed E-state index contributed by atoms with van der Waals surface area (Å²) in [5, 5.41) is 3.16. The van der Waals surface area contributed by atoms with Gasteiger partial charge in [0.1, 0.15) is 0 Å². The Morgan fingerprint density at radius 2 is 2.21 bits per heavy atom. The minimum atomic E-state index is 0.659. The molecule has 74 valence electrons.